The summed E-state index contributed by atoms with van der Waals surface area (Å²) in [6.07, 6.45) is 6.34. The molecule has 0 atom stereocenters. The molecule has 0 unspecified atom stereocenters. The Morgan fingerprint density at radius 1 is 1.53 bits per heavy atom. The number of aromatic nitrogens is 3. The minimum absolute atomic E-state index is 0.747. The van der Waals surface area contributed by atoms with Gasteiger partial charge in [-0.05, 0) is 19.8 Å². The number of rotatable bonds is 4. The quantitative estimate of drug-likeness (QED) is 0.901. The van der Waals surface area contributed by atoms with E-state index in [0.29, 0.717) is 0 Å². The third-order valence-corrected chi connectivity index (χ3v) is 4.24. The average molecular weight is 248 g/mol. The van der Waals surface area contributed by atoms with Gasteiger partial charge >= 0.3 is 0 Å². The van der Waals surface area contributed by atoms with Crippen molar-refractivity contribution in [2.24, 2.45) is 7.05 Å². The molecule has 0 saturated heterocycles. The number of hydrogen-bond donors (Lipinski definition) is 1. The first-order valence-corrected chi connectivity index (χ1v) is 6.72. The molecule has 0 aromatic carbocycles. The maximum absolute atomic E-state index is 4.63. The summed E-state index contributed by atoms with van der Waals surface area (Å²) in [5.41, 5.74) is 2.23. The minimum atomic E-state index is 0.747. The van der Waals surface area contributed by atoms with E-state index in [1.165, 1.54) is 17.7 Å². The fourth-order valence-electron chi connectivity index (χ4n) is 1.79. The largest absolute Gasteiger partial charge is 0.332 e. The van der Waals surface area contributed by atoms with Crippen LogP contribution in [0.5, 0.6) is 0 Å². The van der Waals surface area contributed by atoms with Crippen LogP contribution < -0.4 is 5.32 Å². The number of nitrogens with zero attached hydrogens (tertiary/aromatic N) is 3. The molecule has 1 aliphatic rings. The maximum atomic E-state index is 4.63. The summed E-state index contributed by atoms with van der Waals surface area (Å²) >= 11 is 1.77. The zero-order valence-corrected chi connectivity index (χ0v) is 10.9. The van der Waals surface area contributed by atoms with E-state index in [2.05, 4.69) is 22.2 Å². The summed E-state index contributed by atoms with van der Waals surface area (Å²) in [6, 6.07) is 0.747. The molecule has 1 fully saturated rings. The number of nitrogens with one attached hydrogen (secondary N) is 1. The molecular formula is C12H16N4S. The Morgan fingerprint density at radius 2 is 2.35 bits per heavy atom. The molecule has 0 aliphatic heterocycles. The predicted octanol–water partition coefficient (Wildman–Crippen LogP) is 2.10. The lowest BCUT2D eigenvalue weighted by atomic mass is 10.4. The molecule has 0 radical (unpaired) electrons. The second-order valence-corrected chi connectivity index (χ2v) is 5.66. The van der Waals surface area contributed by atoms with Gasteiger partial charge in [-0.2, -0.15) is 0 Å². The Hall–Kier alpha value is -1.20. The molecule has 90 valence electrons. The van der Waals surface area contributed by atoms with E-state index in [-0.39, 0.29) is 0 Å². The Kier molecular flexibility index (Phi) is 2.72. The van der Waals surface area contributed by atoms with Crippen LogP contribution in [0.2, 0.25) is 0 Å². The van der Waals surface area contributed by atoms with Gasteiger partial charge in [0.2, 0.25) is 0 Å². The highest BCUT2D eigenvalue weighted by atomic mass is 32.1. The van der Waals surface area contributed by atoms with Crippen molar-refractivity contribution in [2.75, 3.05) is 0 Å². The first-order valence-electron chi connectivity index (χ1n) is 5.90. The first-order chi connectivity index (χ1) is 8.24. The van der Waals surface area contributed by atoms with Gasteiger partial charge in [0.05, 0.1) is 23.9 Å². The summed E-state index contributed by atoms with van der Waals surface area (Å²) in [6.45, 7) is 3.03. The Labute approximate surface area is 105 Å². The smallest absolute Gasteiger partial charge is 0.142 e. The van der Waals surface area contributed by atoms with E-state index in [0.717, 1.165) is 29.0 Å². The summed E-state index contributed by atoms with van der Waals surface area (Å²) in [4.78, 5) is 10.1. The number of aryl methyl sites for hydroxylation is 2. The zero-order chi connectivity index (χ0) is 11.8. The molecule has 1 aliphatic carbocycles. The third-order valence-electron chi connectivity index (χ3n) is 3.06. The normalized spacial score (nSPS) is 15.4. The third kappa shape index (κ3) is 2.25. The molecule has 5 heteroatoms. The highest BCUT2D eigenvalue weighted by molar-refractivity contribution is 7.15. The van der Waals surface area contributed by atoms with E-state index in [4.69, 9.17) is 0 Å². The summed E-state index contributed by atoms with van der Waals surface area (Å²) < 4.78 is 2.01. The molecule has 0 spiro atoms. The van der Waals surface area contributed by atoms with Gasteiger partial charge in [0.15, 0.2) is 0 Å². The molecule has 17 heavy (non-hydrogen) atoms. The van der Waals surface area contributed by atoms with Crippen molar-refractivity contribution in [1.82, 2.24) is 19.9 Å². The van der Waals surface area contributed by atoms with Crippen molar-refractivity contribution >= 4 is 11.3 Å². The van der Waals surface area contributed by atoms with Crippen molar-refractivity contribution in [3.05, 3.63) is 23.1 Å². The van der Waals surface area contributed by atoms with Crippen LogP contribution in [0.15, 0.2) is 12.5 Å². The molecule has 0 amide bonds. The SMILES string of the molecule is Cc1nc(-c2cncn2C)sc1CNC1CC1. The van der Waals surface area contributed by atoms with Gasteiger partial charge in [0.25, 0.3) is 0 Å². The van der Waals surface area contributed by atoms with Crippen molar-refractivity contribution in [3.63, 3.8) is 0 Å². The number of imidazole rings is 1. The van der Waals surface area contributed by atoms with Crippen LogP contribution in [0.4, 0.5) is 0 Å². The first kappa shape index (κ1) is 10.9. The van der Waals surface area contributed by atoms with E-state index in [1.54, 1.807) is 11.3 Å². The highest BCUT2D eigenvalue weighted by Gasteiger charge is 2.21. The van der Waals surface area contributed by atoms with Crippen LogP contribution in [-0.4, -0.2) is 20.6 Å². The molecule has 2 aromatic heterocycles. The van der Waals surface area contributed by atoms with E-state index >= 15 is 0 Å². The standard InChI is InChI=1S/C12H16N4S/c1-8-11(6-14-9-3-4-9)17-12(15-8)10-5-13-7-16(10)2/h5,7,9,14H,3-4,6H2,1-2H3. The van der Waals surface area contributed by atoms with Crippen LogP contribution in [0.3, 0.4) is 0 Å². The van der Waals surface area contributed by atoms with Gasteiger partial charge in [-0.25, -0.2) is 9.97 Å². The summed E-state index contributed by atoms with van der Waals surface area (Å²) in [7, 11) is 2.00. The monoisotopic (exact) mass is 248 g/mol. The molecular weight excluding hydrogens is 232 g/mol. The van der Waals surface area contributed by atoms with Gasteiger partial charge in [-0.15, -0.1) is 11.3 Å². The zero-order valence-electron chi connectivity index (χ0n) is 10.1. The highest BCUT2D eigenvalue weighted by Crippen LogP contribution is 2.28. The lowest BCUT2D eigenvalue weighted by Gasteiger charge is -1.99. The summed E-state index contributed by atoms with van der Waals surface area (Å²) in [5.74, 6) is 0. The van der Waals surface area contributed by atoms with Crippen molar-refractivity contribution in [1.29, 1.82) is 0 Å². The second kappa shape index (κ2) is 4.23. The molecule has 1 N–H and O–H groups in total. The van der Waals surface area contributed by atoms with Crippen LogP contribution >= 0.6 is 11.3 Å². The number of hydrogen-bond acceptors (Lipinski definition) is 4. The van der Waals surface area contributed by atoms with E-state index < -0.39 is 0 Å². The summed E-state index contributed by atoms with van der Waals surface area (Å²) in [5, 5.41) is 4.60. The van der Waals surface area contributed by atoms with Crippen molar-refractivity contribution in [3.8, 4) is 10.7 Å². The number of thiazole rings is 1. The van der Waals surface area contributed by atoms with Crippen molar-refractivity contribution in [2.45, 2.75) is 32.4 Å². The lowest BCUT2D eigenvalue weighted by Crippen LogP contribution is -2.14. The van der Waals surface area contributed by atoms with E-state index in [1.807, 2.05) is 24.1 Å². The Balaban J connectivity index is 1.81. The van der Waals surface area contributed by atoms with E-state index in [9.17, 15) is 0 Å². The van der Waals surface area contributed by atoms with Gasteiger partial charge in [-0.1, -0.05) is 0 Å². The molecule has 3 rings (SSSR count). The molecule has 4 nitrogen and oxygen atoms in total. The van der Waals surface area contributed by atoms with Crippen LogP contribution in [0, 0.1) is 6.92 Å². The predicted molar refractivity (Wildman–Crippen MR) is 68.9 cm³/mol. The van der Waals surface area contributed by atoms with Gasteiger partial charge < -0.3 is 9.88 Å². The second-order valence-electron chi connectivity index (χ2n) is 4.57. The van der Waals surface area contributed by atoms with Gasteiger partial charge in [-0.3, -0.25) is 0 Å². The topological polar surface area (TPSA) is 42.7 Å². The Bertz CT molecular complexity index is 524. The molecule has 0 bridgehead atoms. The lowest BCUT2D eigenvalue weighted by molar-refractivity contribution is 0.691. The van der Waals surface area contributed by atoms with Gasteiger partial charge in [0.1, 0.15) is 5.01 Å². The molecule has 2 aromatic rings. The van der Waals surface area contributed by atoms with Crippen LogP contribution in [0.1, 0.15) is 23.4 Å². The fraction of sp³-hybridized carbons (Fsp3) is 0.500. The molecule has 2 heterocycles. The maximum Gasteiger partial charge on any atom is 0.142 e. The van der Waals surface area contributed by atoms with Crippen LogP contribution in [0.25, 0.3) is 10.7 Å². The Morgan fingerprint density at radius 3 is 3.00 bits per heavy atom. The average Bonchev–Trinajstić information content (AvgIpc) is 2.93. The van der Waals surface area contributed by atoms with Gasteiger partial charge in [0, 0.05) is 24.5 Å². The van der Waals surface area contributed by atoms with Crippen molar-refractivity contribution < 1.29 is 0 Å². The van der Waals surface area contributed by atoms with Crippen LogP contribution in [-0.2, 0) is 13.6 Å². The molecule has 1 saturated carbocycles. The fourth-order valence-corrected chi connectivity index (χ4v) is 2.86. The minimum Gasteiger partial charge on any atom is -0.332 e.